The summed E-state index contributed by atoms with van der Waals surface area (Å²) in [7, 11) is 0. The zero-order chi connectivity index (χ0) is 18.5. The molecule has 1 aromatic carbocycles. The van der Waals surface area contributed by atoms with Crippen LogP contribution in [0.2, 0.25) is 0 Å². The van der Waals surface area contributed by atoms with E-state index in [0.29, 0.717) is 18.0 Å². The number of thiazole rings is 1. The summed E-state index contributed by atoms with van der Waals surface area (Å²) in [6.07, 6.45) is 0.961. The Balaban J connectivity index is 1.43. The topological polar surface area (TPSA) is 36.4 Å². The van der Waals surface area contributed by atoms with E-state index in [9.17, 15) is 13.6 Å². The van der Waals surface area contributed by atoms with E-state index in [2.05, 4.69) is 22.2 Å². The zero-order valence-electron chi connectivity index (χ0n) is 14.6. The SMILES string of the molecule is CCc1nc(CN2CCN(C(=O)CSc3ccc(F)c(F)c3)CC2)cs1. The molecule has 26 heavy (non-hydrogen) atoms. The molecule has 1 aliphatic rings. The quantitative estimate of drug-likeness (QED) is 0.700. The predicted molar refractivity (Wildman–Crippen MR) is 100 cm³/mol. The number of piperazine rings is 1. The molecule has 140 valence electrons. The number of hydrogen-bond acceptors (Lipinski definition) is 5. The molecule has 1 saturated heterocycles. The van der Waals surface area contributed by atoms with Crippen molar-refractivity contribution in [2.24, 2.45) is 0 Å². The molecule has 0 atom stereocenters. The number of nitrogens with zero attached hydrogens (tertiary/aromatic N) is 3. The Labute approximate surface area is 160 Å². The Morgan fingerprint density at radius 3 is 2.65 bits per heavy atom. The highest BCUT2D eigenvalue weighted by molar-refractivity contribution is 8.00. The maximum absolute atomic E-state index is 13.2. The third-order valence-corrected chi connectivity index (χ3v) is 6.29. The van der Waals surface area contributed by atoms with Crippen LogP contribution in [0.3, 0.4) is 0 Å². The summed E-state index contributed by atoms with van der Waals surface area (Å²) in [6.45, 7) is 5.93. The molecule has 1 aromatic heterocycles. The Hall–Kier alpha value is -1.51. The minimum atomic E-state index is -0.885. The molecule has 0 radical (unpaired) electrons. The fraction of sp³-hybridized carbons (Fsp3) is 0.444. The lowest BCUT2D eigenvalue weighted by Crippen LogP contribution is -2.48. The molecule has 2 aromatic rings. The maximum atomic E-state index is 13.2. The van der Waals surface area contributed by atoms with E-state index in [-0.39, 0.29) is 11.7 Å². The fourth-order valence-electron chi connectivity index (χ4n) is 2.77. The van der Waals surface area contributed by atoms with Crippen LogP contribution in [-0.4, -0.2) is 52.6 Å². The lowest BCUT2D eigenvalue weighted by Gasteiger charge is -2.34. The van der Waals surface area contributed by atoms with E-state index in [0.717, 1.165) is 48.9 Å². The number of thioether (sulfide) groups is 1. The van der Waals surface area contributed by atoms with Crippen LogP contribution in [0.15, 0.2) is 28.5 Å². The normalized spacial score (nSPS) is 15.4. The smallest absolute Gasteiger partial charge is 0.233 e. The van der Waals surface area contributed by atoms with Crippen molar-refractivity contribution in [2.45, 2.75) is 24.8 Å². The van der Waals surface area contributed by atoms with Gasteiger partial charge < -0.3 is 4.90 Å². The Bertz CT molecular complexity index is 761. The van der Waals surface area contributed by atoms with E-state index < -0.39 is 11.6 Å². The molecule has 0 unspecified atom stereocenters. The van der Waals surface area contributed by atoms with Crippen LogP contribution in [0.5, 0.6) is 0 Å². The molecule has 0 bridgehead atoms. The number of halogens is 2. The van der Waals surface area contributed by atoms with E-state index in [1.807, 2.05) is 4.90 Å². The molecule has 2 heterocycles. The van der Waals surface area contributed by atoms with Gasteiger partial charge in [-0.05, 0) is 24.6 Å². The standard InChI is InChI=1S/C18H21F2N3OS2/c1-2-17-21-13(11-26-17)10-22-5-7-23(8-6-22)18(24)12-25-14-3-4-15(19)16(20)9-14/h3-4,9,11H,2,5-8,10,12H2,1H3. The second-order valence-corrected chi connectivity index (χ2v) is 8.10. The highest BCUT2D eigenvalue weighted by Crippen LogP contribution is 2.21. The predicted octanol–water partition coefficient (Wildman–Crippen LogP) is 3.42. The molecule has 0 saturated carbocycles. The van der Waals surface area contributed by atoms with Crippen molar-refractivity contribution in [1.29, 1.82) is 0 Å². The van der Waals surface area contributed by atoms with Gasteiger partial charge in [-0.1, -0.05) is 6.92 Å². The van der Waals surface area contributed by atoms with Gasteiger partial charge in [-0.2, -0.15) is 0 Å². The van der Waals surface area contributed by atoms with Gasteiger partial charge in [-0.15, -0.1) is 23.1 Å². The van der Waals surface area contributed by atoms with Crippen LogP contribution < -0.4 is 0 Å². The third kappa shape index (κ3) is 5.02. The summed E-state index contributed by atoms with van der Waals surface area (Å²) in [4.78, 5) is 21.6. The number of rotatable bonds is 6. The number of hydrogen-bond donors (Lipinski definition) is 0. The van der Waals surface area contributed by atoms with Gasteiger partial charge >= 0.3 is 0 Å². The number of benzene rings is 1. The molecule has 0 N–H and O–H groups in total. The van der Waals surface area contributed by atoms with Crippen LogP contribution in [0.25, 0.3) is 0 Å². The molecule has 0 aliphatic carbocycles. The number of carbonyl (C=O) groups is 1. The number of aryl methyl sites for hydroxylation is 1. The van der Waals surface area contributed by atoms with E-state index in [4.69, 9.17) is 0 Å². The highest BCUT2D eigenvalue weighted by Gasteiger charge is 2.21. The molecule has 3 rings (SSSR count). The molecule has 1 amide bonds. The number of carbonyl (C=O) groups excluding carboxylic acids is 1. The van der Waals surface area contributed by atoms with E-state index in [1.165, 1.54) is 17.8 Å². The Kier molecular flexibility index (Phi) is 6.61. The molecular formula is C18H21F2N3OS2. The summed E-state index contributed by atoms with van der Waals surface area (Å²) in [5.74, 6) is -1.49. The first-order valence-electron chi connectivity index (χ1n) is 8.56. The fourth-order valence-corrected chi connectivity index (χ4v) is 4.33. The first kappa shape index (κ1) is 19.3. The highest BCUT2D eigenvalue weighted by atomic mass is 32.2. The summed E-state index contributed by atoms with van der Waals surface area (Å²) in [5.41, 5.74) is 1.10. The van der Waals surface area contributed by atoms with Gasteiger partial charge in [0.05, 0.1) is 16.5 Å². The number of aromatic nitrogens is 1. The first-order chi connectivity index (χ1) is 12.5. The molecular weight excluding hydrogens is 376 g/mol. The van der Waals surface area contributed by atoms with Crippen LogP contribution in [-0.2, 0) is 17.8 Å². The minimum Gasteiger partial charge on any atom is -0.339 e. The van der Waals surface area contributed by atoms with Crippen molar-refractivity contribution in [3.63, 3.8) is 0 Å². The largest absolute Gasteiger partial charge is 0.339 e. The van der Waals surface area contributed by atoms with Crippen molar-refractivity contribution in [3.05, 3.63) is 45.9 Å². The van der Waals surface area contributed by atoms with Gasteiger partial charge in [0.25, 0.3) is 0 Å². The maximum Gasteiger partial charge on any atom is 0.233 e. The van der Waals surface area contributed by atoms with E-state index >= 15 is 0 Å². The van der Waals surface area contributed by atoms with Gasteiger partial charge in [0.15, 0.2) is 11.6 Å². The molecule has 1 aliphatic heterocycles. The summed E-state index contributed by atoms with van der Waals surface area (Å²) >= 11 is 2.93. The summed E-state index contributed by atoms with van der Waals surface area (Å²) < 4.78 is 26.1. The van der Waals surface area contributed by atoms with Gasteiger partial charge in [0.2, 0.25) is 5.91 Å². The van der Waals surface area contributed by atoms with Gasteiger partial charge in [0.1, 0.15) is 0 Å². The first-order valence-corrected chi connectivity index (χ1v) is 10.4. The van der Waals surface area contributed by atoms with Crippen molar-refractivity contribution in [2.75, 3.05) is 31.9 Å². The average Bonchev–Trinajstić information content (AvgIpc) is 3.10. The molecule has 0 spiro atoms. The van der Waals surface area contributed by atoms with Crippen molar-refractivity contribution in [1.82, 2.24) is 14.8 Å². The van der Waals surface area contributed by atoms with Crippen molar-refractivity contribution in [3.8, 4) is 0 Å². The van der Waals surface area contributed by atoms with Crippen LogP contribution in [0, 0.1) is 11.6 Å². The van der Waals surface area contributed by atoms with Crippen LogP contribution in [0.4, 0.5) is 8.78 Å². The average molecular weight is 398 g/mol. The minimum absolute atomic E-state index is 0.0290. The molecule has 1 fully saturated rings. The second kappa shape index (κ2) is 8.92. The zero-order valence-corrected chi connectivity index (χ0v) is 16.2. The van der Waals surface area contributed by atoms with E-state index in [1.54, 1.807) is 11.3 Å². The molecule has 8 heteroatoms. The van der Waals surface area contributed by atoms with Gasteiger partial charge in [-0.25, -0.2) is 13.8 Å². The Morgan fingerprint density at radius 1 is 1.23 bits per heavy atom. The second-order valence-electron chi connectivity index (χ2n) is 6.11. The molecule has 4 nitrogen and oxygen atoms in total. The third-order valence-electron chi connectivity index (χ3n) is 4.27. The van der Waals surface area contributed by atoms with Crippen molar-refractivity contribution >= 4 is 29.0 Å². The lowest BCUT2D eigenvalue weighted by atomic mass is 10.3. The Morgan fingerprint density at radius 2 is 2.00 bits per heavy atom. The van der Waals surface area contributed by atoms with Gasteiger partial charge in [-0.3, -0.25) is 9.69 Å². The van der Waals surface area contributed by atoms with Crippen LogP contribution in [0.1, 0.15) is 17.6 Å². The monoisotopic (exact) mass is 397 g/mol. The summed E-state index contributed by atoms with van der Waals surface area (Å²) in [5, 5.41) is 3.26. The summed E-state index contributed by atoms with van der Waals surface area (Å²) in [6, 6.07) is 3.71. The van der Waals surface area contributed by atoms with Gasteiger partial charge in [0, 0.05) is 43.0 Å². The lowest BCUT2D eigenvalue weighted by molar-refractivity contribution is -0.130. The van der Waals surface area contributed by atoms with Crippen LogP contribution >= 0.6 is 23.1 Å². The number of amides is 1. The van der Waals surface area contributed by atoms with Crippen molar-refractivity contribution < 1.29 is 13.6 Å².